The van der Waals surface area contributed by atoms with Crippen LogP contribution in [-0.4, -0.2) is 0 Å². The molecule has 0 saturated heterocycles. The van der Waals surface area contributed by atoms with Crippen LogP contribution in [0.5, 0.6) is 0 Å². The molecule has 0 aliphatic heterocycles. The third-order valence-electron chi connectivity index (χ3n) is 1.42. The van der Waals surface area contributed by atoms with E-state index < -0.39 is 0 Å². The van der Waals surface area contributed by atoms with E-state index in [1.54, 1.807) is 0 Å². The van der Waals surface area contributed by atoms with Crippen molar-refractivity contribution in [1.82, 2.24) is 0 Å². The van der Waals surface area contributed by atoms with Crippen LogP contribution in [0.2, 0.25) is 0 Å². The van der Waals surface area contributed by atoms with Gasteiger partial charge in [-0.25, -0.2) is 5.92 Å². The molecule has 0 nitrogen and oxygen atoms in total. The third kappa shape index (κ3) is 4.90. The summed E-state index contributed by atoms with van der Waals surface area (Å²) in [6, 6.07) is 9.58. The maximum atomic E-state index is 6.49. The zero-order valence-electron chi connectivity index (χ0n) is 8.39. The second kappa shape index (κ2) is 7.43. The van der Waals surface area contributed by atoms with E-state index in [4.69, 9.17) is 6.42 Å². The maximum Gasteiger partial charge on any atom is 0.0255 e. The van der Waals surface area contributed by atoms with Crippen LogP contribution < -0.4 is 0 Å². The Hall–Kier alpha value is -2.98. The fraction of sp³-hybridized carbons (Fsp3) is 0. The Balaban J connectivity index is 2.59. The second-order valence-corrected chi connectivity index (χ2v) is 2.49. The first kappa shape index (κ1) is 11.1. The van der Waals surface area contributed by atoms with Gasteiger partial charge in [-0.1, -0.05) is 24.1 Å². The van der Waals surface area contributed by atoms with Gasteiger partial charge in [0.25, 0.3) is 0 Å². The van der Waals surface area contributed by atoms with Gasteiger partial charge in [0.15, 0.2) is 0 Å². The standard InChI is InChI=1S/C16H5/c1-2-3-4-5-6-7-8-10-13-16-14-11-9-12-15-16/h9,11-12,14-15H/q-1. The van der Waals surface area contributed by atoms with Crippen molar-refractivity contribution in [2.45, 2.75) is 0 Å². The van der Waals surface area contributed by atoms with E-state index in [1.807, 2.05) is 36.3 Å². The van der Waals surface area contributed by atoms with Crippen LogP contribution in [0.1, 0.15) is 5.56 Å². The van der Waals surface area contributed by atoms with Gasteiger partial charge in [0.2, 0.25) is 0 Å². The van der Waals surface area contributed by atoms with Crippen molar-refractivity contribution in [3.8, 4) is 53.3 Å². The van der Waals surface area contributed by atoms with E-state index >= 15 is 0 Å². The van der Waals surface area contributed by atoms with Gasteiger partial charge in [0.1, 0.15) is 0 Å². The van der Waals surface area contributed by atoms with Gasteiger partial charge in [-0.15, -0.1) is 5.92 Å². The predicted octanol–water partition coefficient (Wildman–Crippen LogP) is 1.64. The van der Waals surface area contributed by atoms with Crippen molar-refractivity contribution in [1.29, 1.82) is 0 Å². The molecule has 0 radical (unpaired) electrons. The van der Waals surface area contributed by atoms with Crippen molar-refractivity contribution >= 4 is 0 Å². The van der Waals surface area contributed by atoms with Crippen molar-refractivity contribution in [3.05, 3.63) is 42.3 Å². The van der Waals surface area contributed by atoms with Crippen molar-refractivity contribution in [3.63, 3.8) is 0 Å². The molecule has 1 rings (SSSR count). The molecule has 0 spiro atoms. The zero-order valence-corrected chi connectivity index (χ0v) is 8.39. The van der Waals surface area contributed by atoms with Gasteiger partial charge < -0.3 is 6.42 Å². The van der Waals surface area contributed by atoms with Crippen LogP contribution in [0.25, 0.3) is 0 Å². The Morgan fingerprint density at radius 1 is 0.688 bits per heavy atom. The lowest BCUT2D eigenvalue weighted by atomic mass is 10.2. The molecule has 0 heteroatoms. The first-order valence-corrected chi connectivity index (χ1v) is 4.41. The van der Waals surface area contributed by atoms with E-state index in [-0.39, 0.29) is 0 Å². The molecule has 0 N–H and O–H groups in total. The number of hydrogen-bond acceptors (Lipinski definition) is 0. The van der Waals surface area contributed by atoms with Crippen LogP contribution in [0.4, 0.5) is 0 Å². The molecule has 0 amide bonds. The van der Waals surface area contributed by atoms with E-state index in [9.17, 15) is 0 Å². The van der Waals surface area contributed by atoms with Crippen LogP contribution in [-0.2, 0) is 0 Å². The Kier molecular flexibility index (Phi) is 5.15. The van der Waals surface area contributed by atoms with Gasteiger partial charge in [-0.3, -0.25) is 5.92 Å². The first-order chi connectivity index (χ1) is 7.93. The van der Waals surface area contributed by atoms with Gasteiger partial charge in [-0.05, 0) is 41.7 Å². The molecule has 16 heavy (non-hydrogen) atoms. The minimum absolute atomic E-state index is 0.919. The molecule has 0 fully saturated rings. The van der Waals surface area contributed by atoms with E-state index in [1.165, 1.54) is 0 Å². The predicted molar refractivity (Wildman–Crippen MR) is 63.8 cm³/mol. The Morgan fingerprint density at radius 2 is 1.25 bits per heavy atom. The summed E-state index contributed by atoms with van der Waals surface area (Å²) in [5.74, 6) is 22.2. The lowest BCUT2D eigenvalue weighted by Gasteiger charge is -1.83. The molecule has 0 heterocycles. The van der Waals surface area contributed by atoms with Crippen LogP contribution >= 0.6 is 0 Å². The van der Waals surface area contributed by atoms with Gasteiger partial charge in [0.05, 0.1) is 0 Å². The third-order valence-corrected chi connectivity index (χ3v) is 1.42. The summed E-state index contributed by atoms with van der Waals surface area (Å²) in [7, 11) is 0. The molecule has 0 atom stereocenters. The SMILES string of the molecule is [C-]#CC#CC#CC#CC#Cc1ccccc1. The molecule has 0 unspecified atom stereocenters. The summed E-state index contributed by atoms with van der Waals surface area (Å²) in [6.07, 6.45) is 6.49. The summed E-state index contributed by atoms with van der Waals surface area (Å²) in [6.45, 7) is 0. The topological polar surface area (TPSA) is 0 Å². The molecule has 0 bridgehead atoms. The lowest BCUT2D eigenvalue weighted by Crippen LogP contribution is -1.68. The summed E-state index contributed by atoms with van der Waals surface area (Å²) < 4.78 is 0. The van der Waals surface area contributed by atoms with E-state index in [2.05, 4.69) is 47.4 Å². The van der Waals surface area contributed by atoms with E-state index in [0.29, 0.717) is 0 Å². The minimum atomic E-state index is 0.919. The Morgan fingerprint density at radius 3 is 1.88 bits per heavy atom. The minimum Gasteiger partial charge on any atom is -0.358 e. The summed E-state index contributed by atoms with van der Waals surface area (Å²) in [5, 5.41) is 0. The highest BCUT2D eigenvalue weighted by Crippen LogP contribution is 1.93. The molecule has 1 aromatic rings. The van der Waals surface area contributed by atoms with Crippen molar-refractivity contribution < 1.29 is 0 Å². The highest BCUT2D eigenvalue weighted by Gasteiger charge is 1.78. The molecule has 0 aliphatic rings. The zero-order chi connectivity index (χ0) is 11.5. The molecule has 70 valence electrons. The van der Waals surface area contributed by atoms with Crippen LogP contribution in [0, 0.1) is 59.7 Å². The normalized spacial score (nSPS) is 5.94. The van der Waals surface area contributed by atoms with Gasteiger partial charge >= 0.3 is 0 Å². The average Bonchev–Trinajstić information content (AvgIpc) is 2.34. The van der Waals surface area contributed by atoms with Crippen LogP contribution in [0.3, 0.4) is 0 Å². The largest absolute Gasteiger partial charge is 0.358 e. The molecule has 0 aliphatic carbocycles. The maximum absolute atomic E-state index is 6.49. The average molecular weight is 197 g/mol. The molecule has 0 aromatic heterocycles. The van der Waals surface area contributed by atoms with Gasteiger partial charge in [-0.2, -0.15) is 0 Å². The van der Waals surface area contributed by atoms with Crippen molar-refractivity contribution in [2.24, 2.45) is 0 Å². The summed E-state index contributed by atoms with van der Waals surface area (Å²) in [4.78, 5) is 0. The Bertz CT molecular complexity index is 625. The molecule has 1 aromatic carbocycles. The first-order valence-electron chi connectivity index (χ1n) is 4.41. The fourth-order valence-corrected chi connectivity index (χ4v) is 0.812. The highest BCUT2D eigenvalue weighted by atomic mass is 13.8. The highest BCUT2D eigenvalue weighted by molar-refractivity contribution is 5.44. The quantitative estimate of drug-likeness (QED) is 0.438. The lowest BCUT2D eigenvalue weighted by molar-refractivity contribution is 1.65. The summed E-state index contributed by atoms with van der Waals surface area (Å²) in [5.41, 5.74) is 0.919. The summed E-state index contributed by atoms with van der Waals surface area (Å²) >= 11 is 0. The molecular weight excluding hydrogens is 192 g/mol. The monoisotopic (exact) mass is 197 g/mol. The fourth-order valence-electron chi connectivity index (χ4n) is 0.812. The Labute approximate surface area is 96.1 Å². The van der Waals surface area contributed by atoms with E-state index in [0.717, 1.165) is 5.56 Å². The van der Waals surface area contributed by atoms with Crippen molar-refractivity contribution in [2.75, 3.05) is 0 Å². The molecular formula is C16H5-. The number of rotatable bonds is 0. The molecule has 0 saturated carbocycles. The second-order valence-electron chi connectivity index (χ2n) is 2.49. The van der Waals surface area contributed by atoms with Crippen LogP contribution in [0.15, 0.2) is 30.3 Å². The smallest absolute Gasteiger partial charge is 0.0255 e. The number of benzene rings is 1. The van der Waals surface area contributed by atoms with Gasteiger partial charge in [0, 0.05) is 5.56 Å². The number of hydrogen-bond donors (Lipinski definition) is 0.